The van der Waals surface area contributed by atoms with Gasteiger partial charge in [-0.2, -0.15) is 0 Å². The SMILES string of the molecule is CC.CC.CC.C[C@@H]1CCC2C(CCC3C2CCC[C@@]3(C)CO)CC1=O. The average Bonchev–Trinajstić information content (AvgIpc) is 2.85. The van der Waals surface area contributed by atoms with Gasteiger partial charge in [0, 0.05) is 18.9 Å². The zero-order valence-corrected chi connectivity index (χ0v) is 19.1. The van der Waals surface area contributed by atoms with Gasteiger partial charge in [0.25, 0.3) is 0 Å². The third kappa shape index (κ3) is 5.81. The summed E-state index contributed by atoms with van der Waals surface area (Å²) in [5.41, 5.74) is 0.149. The molecule has 0 saturated heterocycles. The highest BCUT2D eigenvalue weighted by Gasteiger charge is 2.49. The van der Waals surface area contributed by atoms with Crippen molar-refractivity contribution in [1.29, 1.82) is 0 Å². The fourth-order valence-electron chi connectivity index (χ4n) is 5.64. The summed E-state index contributed by atoms with van der Waals surface area (Å²) >= 11 is 0. The Morgan fingerprint density at radius 3 is 2.12 bits per heavy atom. The molecule has 3 aliphatic rings. The first-order valence-corrected chi connectivity index (χ1v) is 11.7. The third-order valence-electron chi connectivity index (χ3n) is 7.01. The topological polar surface area (TPSA) is 37.3 Å². The number of carbonyl (C=O) groups is 1. The Balaban J connectivity index is 0.000000948. The van der Waals surface area contributed by atoms with Gasteiger partial charge in [-0.3, -0.25) is 4.79 Å². The van der Waals surface area contributed by atoms with Crippen molar-refractivity contribution in [2.75, 3.05) is 6.61 Å². The lowest BCUT2D eigenvalue weighted by Crippen LogP contribution is -2.47. The van der Waals surface area contributed by atoms with Gasteiger partial charge in [-0.25, -0.2) is 0 Å². The number of aliphatic hydroxyl groups excluding tert-OH is 1. The molecule has 26 heavy (non-hydrogen) atoms. The molecule has 3 aliphatic carbocycles. The molecule has 2 nitrogen and oxygen atoms in total. The maximum Gasteiger partial charge on any atom is 0.135 e. The van der Waals surface area contributed by atoms with Gasteiger partial charge in [0.1, 0.15) is 5.78 Å². The second kappa shape index (κ2) is 12.9. The largest absolute Gasteiger partial charge is 0.396 e. The van der Waals surface area contributed by atoms with E-state index < -0.39 is 0 Å². The minimum atomic E-state index is 0.149. The maximum atomic E-state index is 12.2. The summed E-state index contributed by atoms with van der Waals surface area (Å²) in [6, 6.07) is 0. The van der Waals surface area contributed by atoms with Gasteiger partial charge in [0.05, 0.1) is 0 Å². The summed E-state index contributed by atoms with van der Waals surface area (Å²) < 4.78 is 0. The van der Waals surface area contributed by atoms with Gasteiger partial charge >= 0.3 is 0 Å². The number of aliphatic hydroxyl groups is 1. The molecule has 0 aromatic rings. The number of carbonyl (C=O) groups excluding carboxylic acids is 1. The summed E-state index contributed by atoms with van der Waals surface area (Å²) in [7, 11) is 0. The van der Waals surface area contributed by atoms with Crippen LogP contribution in [0.4, 0.5) is 0 Å². The fraction of sp³-hybridized carbons (Fsp3) is 0.958. The molecule has 0 amide bonds. The van der Waals surface area contributed by atoms with Crippen molar-refractivity contribution in [3.8, 4) is 0 Å². The number of fused-ring (bicyclic) bond motifs is 3. The number of rotatable bonds is 1. The normalized spacial score (nSPS) is 38.5. The van der Waals surface area contributed by atoms with Crippen molar-refractivity contribution in [3.05, 3.63) is 0 Å². The monoisotopic (exact) mass is 368 g/mol. The number of hydrogen-bond donors (Lipinski definition) is 1. The highest BCUT2D eigenvalue weighted by atomic mass is 16.3. The van der Waals surface area contributed by atoms with Crippen LogP contribution in [-0.2, 0) is 4.79 Å². The van der Waals surface area contributed by atoms with E-state index in [1.165, 1.54) is 38.5 Å². The second-order valence-corrected chi connectivity index (χ2v) is 8.12. The van der Waals surface area contributed by atoms with E-state index in [4.69, 9.17) is 0 Å². The number of hydrogen-bond acceptors (Lipinski definition) is 2. The van der Waals surface area contributed by atoms with Crippen LogP contribution < -0.4 is 0 Å². The molecule has 0 spiro atoms. The van der Waals surface area contributed by atoms with Gasteiger partial charge in [0.15, 0.2) is 0 Å². The van der Waals surface area contributed by atoms with E-state index in [1.54, 1.807) is 0 Å². The van der Waals surface area contributed by atoms with E-state index in [2.05, 4.69) is 13.8 Å². The summed E-state index contributed by atoms with van der Waals surface area (Å²) in [6.45, 7) is 16.8. The predicted octanol–water partition coefficient (Wildman–Crippen LogP) is 6.90. The molecule has 0 aliphatic heterocycles. The Morgan fingerprint density at radius 2 is 1.54 bits per heavy atom. The highest BCUT2D eigenvalue weighted by Crippen LogP contribution is 2.56. The van der Waals surface area contributed by atoms with Crippen LogP contribution in [0.25, 0.3) is 0 Å². The van der Waals surface area contributed by atoms with Crippen molar-refractivity contribution in [3.63, 3.8) is 0 Å². The van der Waals surface area contributed by atoms with Crippen molar-refractivity contribution >= 4 is 5.78 Å². The van der Waals surface area contributed by atoms with Crippen LogP contribution in [0.2, 0.25) is 0 Å². The summed E-state index contributed by atoms with van der Waals surface area (Å²) in [5.74, 6) is 3.68. The molecular formula is C24H48O2. The first-order valence-electron chi connectivity index (χ1n) is 11.7. The molecule has 0 radical (unpaired) electrons. The van der Waals surface area contributed by atoms with Crippen LogP contribution in [0.15, 0.2) is 0 Å². The Labute approximate surface area is 164 Å². The summed E-state index contributed by atoms with van der Waals surface area (Å²) in [5, 5.41) is 9.87. The molecule has 156 valence electrons. The molecule has 6 atom stereocenters. The molecule has 0 aromatic heterocycles. The third-order valence-corrected chi connectivity index (χ3v) is 7.01. The van der Waals surface area contributed by atoms with E-state index in [-0.39, 0.29) is 11.3 Å². The van der Waals surface area contributed by atoms with Crippen LogP contribution >= 0.6 is 0 Å². The van der Waals surface area contributed by atoms with Crippen molar-refractivity contribution < 1.29 is 9.90 Å². The van der Waals surface area contributed by atoms with Gasteiger partial charge < -0.3 is 5.11 Å². The Hall–Kier alpha value is -0.370. The maximum absolute atomic E-state index is 12.2. The van der Waals surface area contributed by atoms with E-state index in [0.717, 1.165) is 24.7 Å². The molecule has 3 saturated carbocycles. The molecule has 4 unspecified atom stereocenters. The van der Waals surface area contributed by atoms with E-state index >= 15 is 0 Å². The minimum absolute atomic E-state index is 0.149. The zero-order chi connectivity index (χ0) is 20.3. The van der Waals surface area contributed by atoms with Crippen LogP contribution in [0.3, 0.4) is 0 Å². The van der Waals surface area contributed by atoms with Crippen LogP contribution in [-0.4, -0.2) is 17.5 Å². The lowest BCUT2D eigenvalue weighted by Gasteiger charge is -2.53. The number of ketones is 1. The van der Waals surface area contributed by atoms with E-state index in [9.17, 15) is 9.90 Å². The van der Waals surface area contributed by atoms with Gasteiger partial charge in [0.2, 0.25) is 0 Å². The van der Waals surface area contributed by atoms with Gasteiger partial charge in [-0.05, 0) is 67.6 Å². The smallest absolute Gasteiger partial charge is 0.135 e. The average molecular weight is 369 g/mol. The van der Waals surface area contributed by atoms with Crippen molar-refractivity contribution in [2.45, 2.75) is 107 Å². The minimum Gasteiger partial charge on any atom is -0.396 e. The Bertz CT molecular complexity index is 378. The van der Waals surface area contributed by atoms with Crippen LogP contribution in [0.1, 0.15) is 107 Å². The highest BCUT2D eigenvalue weighted by molar-refractivity contribution is 5.81. The molecular weight excluding hydrogens is 320 g/mol. The quantitative estimate of drug-likeness (QED) is 0.547. The zero-order valence-electron chi connectivity index (χ0n) is 19.1. The summed E-state index contributed by atoms with van der Waals surface area (Å²) in [6.07, 6.45) is 9.45. The van der Waals surface area contributed by atoms with E-state index in [0.29, 0.717) is 24.2 Å². The lowest BCUT2D eigenvalue weighted by molar-refractivity contribution is -0.124. The molecule has 3 rings (SSSR count). The molecule has 0 aromatic carbocycles. The molecule has 2 heteroatoms. The molecule has 0 heterocycles. The second-order valence-electron chi connectivity index (χ2n) is 8.12. The van der Waals surface area contributed by atoms with Crippen LogP contribution in [0, 0.1) is 35.0 Å². The fourth-order valence-corrected chi connectivity index (χ4v) is 5.64. The first kappa shape index (κ1) is 25.6. The lowest BCUT2D eigenvalue weighted by atomic mass is 9.52. The van der Waals surface area contributed by atoms with Gasteiger partial charge in [-0.15, -0.1) is 0 Å². The standard InChI is InChI=1S/C18H30O2.3C2H6/c1-12-5-7-14-13(10-17(12)20)6-8-16-15(14)4-3-9-18(16,2)11-19;3*1-2/h12-16,19H,3-11H2,1-2H3;3*1-2H3/t12-,13?,14?,15?,16?,18+;;;/m1.../s1. The first-order chi connectivity index (χ1) is 12.5. The van der Waals surface area contributed by atoms with E-state index in [1.807, 2.05) is 41.5 Å². The Kier molecular flexibility index (Phi) is 12.7. The van der Waals surface area contributed by atoms with Crippen molar-refractivity contribution in [2.24, 2.45) is 35.0 Å². The summed E-state index contributed by atoms with van der Waals surface area (Å²) in [4.78, 5) is 12.2. The van der Waals surface area contributed by atoms with Crippen LogP contribution in [0.5, 0.6) is 0 Å². The Morgan fingerprint density at radius 1 is 0.923 bits per heavy atom. The predicted molar refractivity (Wildman–Crippen MR) is 114 cm³/mol. The number of Topliss-reactive ketones (excluding diaryl/α,β-unsaturated/α-hetero) is 1. The van der Waals surface area contributed by atoms with Crippen molar-refractivity contribution in [1.82, 2.24) is 0 Å². The molecule has 0 bridgehead atoms. The van der Waals surface area contributed by atoms with Gasteiger partial charge in [-0.1, -0.05) is 61.8 Å². The molecule has 3 fully saturated rings. The molecule has 1 N–H and O–H groups in total.